The molecule has 0 bridgehead atoms. The molecule has 0 aliphatic rings. The maximum atomic E-state index is 13.2. The molecule has 2 atom stereocenters. The Balaban J connectivity index is 3.17. The van der Waals surface area contributed by atoms with Crippen LogP contribution in [0, 0.1) is 5.82 Å². The summed E-state index contributed by atoms with van der Waals surface area (Å²) < 4.78 is 53.0. The van der Waals surface area contributed by atoms with E-state index < -0.39 is 30.1 Å². The number of aliphatic hydroxyl groups is 1. The van der Waals surface area contributed by atoms with Crippen LogP contribution in [0.25, 0.3) is 0 Å². The largest absolute Gasteiger partial charge is 0.573 e. The van der Waals surface area contributed by atoms with E-state index in [2.05, 4.69) is 4.74 Å². The molecule has 0 saturated heterocycles. The van der Waals surface area contributed by atoms with Gasteiger partial charge in [-0.3, -0.25) is 0 Å². The number of hydrogen-bond donors (Lipinski definition) is 2. The van der Waals surface area contributed by atoms with Crippen LogP contribution in [-0.2, 0) is 0 Å². The molecule has 1 rings (SSSR count). The average molecular weight is 253 g/mol. The standard InChI is InChI=1S/C10H11F4NO2/c1-5(15)8(16)6-3-2-4-7(11)9(6)17-10(12,13)14/h2-5,8,16H,15H2,1H3/t5-,8-/m1/s1. The first-order valence-electron chi connectivity index (χ1n) is 4.70. The number of halogens is 4. The molecule has 17 heavy (non-hydrogen) atoms. The zero-order chi connectivity index (χ0) is 13.2. The zero-order valence-electron chi connectivity index (χ0n) is 8.83. The molecule has 0 radical (unpaired) electrons. The van der Waals surface area contributed by atoms with Crippen LogP contribution in [0.5, 0.6) is 5.75 Å². The van der Waals surface area contributed by atoms with Gasteiger partial charge in [-0.15, -0.1) is 13.2 Å². The Morgan fingerprint density at radius 1 is 1.35 bits per heavy atom. The summed E-state index contributed by atoms with van der Waals surface area (Å²) in [5.74, 6) is -2.26. The lowest BCUT2D eigenvalue weighted by atomic mass is 10.0. The fourth-order valence-electron chi connectivity index (χ4n) is 1.27. The molecule has 3 nitrogen and oxygen atoms in total. The molecule has 3 N–H and O–H groups in total. The summed E-state index contributed by atoms with van der Waals surface area (Å²) in [6, 6.07) is 2.24. The minimum absolute atomic E-state index is 0.336. The van der Waals surface area contributed by atoms with Gasteiger partial charge in [0.1, 0.15) is 0 Å². The van der Waals surface area contributed by atoms with E-state index >= 15 is 0 Å². The van der Waals surface area contributed by atoms with Crippen LogP contribution in [-0.4, -0.2) is 17.5 Å². The summed E-state index contributed by atoms with van der Waals surface area (Å²) in [5.41, 5.74) is 5.01. The molecule has 1 aromatic rings. The first kappa shape index (κ1) is 13.7. The van der Waals surface area contributed by atoms with Crippen molar-refractivity contribution >= 4 is 0 Å². The number of nitrogens with two attached hydrogens (primary N) is 1. The van der Waals surface area contributed by atoms with E-state index in [1.54, 1.807) is 0 Å². The minimum atomic E-state index is -5.03. The maximum Gasteiger partial charge on any atom is 0.573 e. The van der Waals surface area contributed by atoms with Crippen LogP contribution in [0.1, 0.15) is 18.6 Å². The van der Waals surface area contributed by atoms with Gasteiger partial charge in [0.2, 0.25) is 0 Å². The second kappa shape index (κ2) is 4.89. The van der Waals surface area contributed by atoms with Gasteiger partial charge in [-0.1, -0.05) is 12.1 Å². The molecule has 96 valence electrons. The van der Waals surface area contributed by atoms with E-state index in [0.717, 1.165) is 12.1 Å². The van der Waals surface area contributed by atoms with Gasteiger partial charge in [0.05, 0.1) is 6.10 Å². The van der Waals surface area contributed by atoms with E-state index in [1.165, 1.54) is 13.0 Å². The highest BCUT2D eigenvalue weighted by Crippen LogP contribution is 2.33. The molecular formula is C10H11F4NO2. The summed E-state index contributed by atoms with van der Waals surface area (Å²) in [4.78, 5) is 0. The van der Waals surface area contributed by atoms with Gasteiger partial charge in [-0.25, -0.2) is 4.39 Å². The molecule has 0 heterocycles. The van der Waals surface area contributed by atoms with E-state index in [1.807, 2.05) is 0 Å². The highest BCUT2D eigenvalue weighted by atomic mass is 19.4. The second-order valence-electron chi connectivity index (χ2n) is 3.51. The molecule has 0 aromatic heterocycles. The third kappa shape index (κ3) is 3.57. The highest BCUT2D eigenvalue weighted by Gasteiger charge is 2.34. The van der Waals surface area contributed by atoms with Crippen LogP contribution in [0.2, 0.25) is 0 Å². The summed E-state index contributed by atoms with van der Waals surface area (Å²) >= 11 is 0. The number of rotatable bonds is 3. The summed E-state index contributed by atoms with van der Waals surface area (Å²) in [6.45, 7) is 1.38. The molecule has 0 unspecified atom stereocenters. The SMILES string of the molecule is C[C@@H](N)[C@@H](O)c1cccc(F)c1OC(F)(F)F. The van der Waals surface area contributed by atoms with E-state index in [-0.39, 0.29) is 5.56 Å². The summed E-state index contributed by atoms with van der Waals surface area (Å²) in [5, 5.41) is 9.56. The average Bonchev–Trinajstić information content (AvgIpc) is 2.18. The monoisotopic (exact) mass is 253 g/mol. The predicted octanol–water partition coefficient (Wildman–Crippen LogP) is 2.10. The summed E-state index contributed by atoms with van der Waals surface area (Å²) in [7, 11) is 0. The molecule has 0 aliphatic carbocycles. The number of aliphatic hydroxyl groups excluding tert-OH is 1. The van der Waals surface area contributed by atoms with Crippen molar-refractivity contribution in [2.45, 2.75) is 25.4 Å². The van der Waals surface area contributed by atoms with Crippen LogP contribution in [0.4, 0.5) is 17.6 Å². The first-order valence-corrected chi connectivity index (χ1v) is 4.70. The number of ether oxygens (including phenoxy) is 1. The maximum absolute atomic E-state index is 13.2. The number of hydrogen-bond acceptors (Lipinski definition) is 3. The van der Waals surface area contributed by atoms with E-state index in [4.69, 9.17) is 5.73 Å². The molecular weight excluding hydrogens is 242 g/mol. The van der Waals surface area contributed by atoms with Crippen molar-refractivity contribution < 1.29 is 27.4 Å². The van der Waals surface area contributed by atoms with Crippen LogP contribution < -0.4 is 10.5 Å². The van der Waals surface area contributed by atoms with Gasteiger partial charge >= 0.3 is 6.36 Å². The quantitative estimate of drug-likeness (QED) is 0.811. The van der Waals surface area contributed by atoms with Crippen LogP contribution in [0.3, 0.4) is 0 Å². The smallest absolute Gasteiger partial charge is 0.402 e. The Kier molecular flexibility index (Phi) is 3.94. The van der Waals surface area contributed by atoms with Crippen molar-refractivity contribution in [1.29, 1.82) is 0 Å². The molecule has 0 saturated carbocycles. The number of alkyl halides is 3. The topological polar surface area (TPSA) is 55.5 Å². The molecule has 0 fully saturated rings. The summed E-state index contributed by atoms with van der Waals surface area (Å²) in [6.07, 6.45) is -6.47. The zero-order valence-corrected chi connectivity index (χ0v) is 8.83. The molecule has 0 spiro atoms. The molecule has 7 heteroatoms. The van der Waals surface area contributed by atoms with Gasteiger partial charge in [0, 0.05) is 11.6 Å². The third-order valence-corrected chi connectivity index (χ3v) is 2.03. The lowest BCUT2D eigenvalue weighted by Gasteiger charge is -2.19. The molecule has 0 amide bonds. The normalized spacial score (nSPS) is 15.5. The van der Waals surface area contributed by atoms with E-state index in [0.29, 0.717) is 0 Å². The predicted molar refractivity (Wildman–Crippen MR) is 51.7 cm³/mol. The molecule has 0 aliphatic heterocycles. The van der Waals surface area contributed by atoms with Crippen molar-refractivity contribution in [3.05, 3.63) is 29.6 Å². The van der Waals surface area contributed by atoms with Crippen LogP contribution in [0.15, 0.2) is 18.2 Å². The fraction of sp³-hybridized carbons (Fsp3) is 0.400. The lowest BCUT2D eigenvalue weighted by Crippen LogP contribution is -2.26. The van der Waals surface area contributed by atoms with Crippen molar-refractivity contribution in [2.75, 3.05) is 0 Å². The van der Waals surface area contributed by atoms with Gasteiger partial charge < -0.3 is 15.6 Å². The number of benzene rings is 1. The number of para-hydroxylation sites is 1. The third-order valence-electron chi connectivity index (χ3n) is 2.03. The first-order chi connectivity index (χ1) is 7.72. The highest BCUT2D eigenvalue weighted by molar-refractivity contribution is 5.37. The Morgan fingerprint density at radius 2 is 1.94 bits per heavy atom. The Labute approximate surface area is 94.8 Å². The van der Waals surface area contributed by atoms with Gasteiger partial charge in [0.15, 0.2) is 11.6 Å². The van der Waals surface area contributed by atoms with Crippen molar-refractivity contribution in [2.24, 2.45) is 5.73 Å². The lowest BCUT2D eigenvalue weighted by molar-refractivity contribution is -0.276. The Hall–Kier alpha value is -1.34. The van der Waals surface area contributed by atoms with Crippen molar-refractivity contribution in [3.63, 3.8) is 0 Å². The Morgan fingerprint density at radius 3 is 2.41 bits per heavy atom. The van der Waals surface area contributed by atoms with Crippen molar-refractivity contribution in [1.82, 2.24) is 0 Å². The Bertz CT molecular complexity index is 392. The van der Waals surface area contributed by atoms with E-state index in [9.17, 15) is 22.7 Å². The molecule has 1 aromatic carbocycles. The van der Waals surface area contributed by atoms with Gasteiger partial charge in [-0.05, 0) is 13.0 Å². The fourth-order valence-corrected chi connectivity index (χ4v) is 1.27. The second-order valence-corrected chi connectivity index (χ2v) is 3.51. The van der Waals surface area contributed by atoms with Gasteiger partial charge in [0.25, 0.3) is 0 Å². The van der Waals surface area contributed by atoms with Crippen LogP contribution >= 0.6 is 0 Å². The minimum Gasteiger partial charge on any atom is -0.402 e. The van der Waals surface area contributed by atoms with Gasteiger partial charge in [-0.2, -0.15) is 0 Å². The van der Waals surface area contributed by atoms with Crippen molar-refractivity contribution in [3.8, 4) is 5.75 Å².